The lowest BCUT2D eigenvalue weighted by atomic mass is 10.1. The zero-order chi connectivity index (χ0) is 12.0. The van der Waals surface area contributed by atoms with Gasteiger partial charge in [-0.25, -0.2) is 0 Å². The number of rotatable bonds is 5. The van der Waals surface area contributed by atoms with Gasteiger partial charge in [0.1, 0.15) is 6.04 Å². The maximum atomic E-state index is 11.8. The Labute approximate surface area is 96.7 Å². The summed E-state index contributed by atoms with van der Waals surface area (Å²) in [6, 6.07) is -0.246. The van der Waals surface area contributed by atoms with E-state index < -0.39 is 0 Å². The van der Waals surface area contributed by atoms with Crippen molar-refractivity contribution >= 4 is 11.7 Å². The Hall–Kier alpha value is -1.10. The van der Waals surface area contributed by atoms with E-state index in [1.54, 1.807) is 7.11 Å². The summed E-state index contributed by atoms with van der Waals surface area (Å²) >= 11 is 0. The Bertz CT molecular complexity index is 256. The van der Waals surface area contributed by atoms with Crippen LogP contribution in [0.25, 0.3) is 0 Å². The monoisotopic (exact) mass is 227 g/mol. The molecular weight excluding hydrogens is 206 g/mol. The van der Waals surface area contributed by atoms with Gasteiger partial charge in [-0.3, -0.25) is 10.2 Å². The second-order valence-corrected chi connectivity index (χ2v) is 4.06. The number of methoxy groups -OCH3 is 1. The van der Waals surface area contributed by atoms with Crippen molar-refractivity contribution in [3.8, 4) is 0 Å². The molecule has 1 fully saturated rings. The third kappa shape index (κ3) is 3.48. The van der Waals surface area contributed by atoms with E-state index in [0.717, 1.165) is 25.8 Å². The quantitative estimate of drug-likeness (QED) is 0.676. The average molecular weight is 227 g/mol. The highest BCUT2D eigenvalue weighted by Crippen LogP contribution is 2.13. The lowest BCUT2D eigenvalue weighted by Gasteiger charge is -2.33. The lowest BCUT2D eigenvalue weighted by Crippen LogP contribution is -2.49. The van der Waals surface area contributed by atoms with Crippen LogP contribution in [-0.4, -0.2) is 49.5 Å². The smallest absolute Gasteiger partial charge is 0.242 e. The standard InChI is InChI=1S/C11H21N3O2/c1-9(11(15)13-6-8-16-2)14-7-4-3-5-10(14)12/h9,12H,3-8H2,1-2H3,(H,13,15). The van der Waals surface area contributed by atoms with Crippen LogP contribution in [0, 0.1) is 5.41 Å². The SMILES string of the molecule is COCCNC(=O)C(C)N1CCCCC1=N. The first-order chi connectivity index (χ1) is 7.66. The number of nitrogens with zero attached hydrogens (tertiary/aromatic N) is 1. The van der Waals surface area contributed by atoms with Crippen molar-refractivity contribution in [2.75, 3.05) is 26.8 Å². The molecule has 1 unspecified atom stereocenters. The van der Waals surface area contributed by atoms with E-state index in [2.05, 4.69) is 5.32 Å². The van der Waals surface area contributed by atoms with Crippen molar-refractivity contribution in [1.82, 2.24) is 10.2 Å². The molecule has 0 aromatic heterocycles. The second kappa shape index (κ2) is 6.48. The van der Waals surface area contributed by atoms with Crippen LogP contribution in [0.15, 0.2) is 0 Å². The largest absolute Gasteiger partial charge is 0.383 e. The first kappa shape index (κ1) is 13.0. The van der Waals surface area contributed by atoms with Crippen LogP contribution >= 0.6 is 0 Å². The number of ether oxygens (including phenoxy) is 1. The zero-order valence-electron chi connectivity index (χ0n) is 10.1. The molecule has 0 aromatic carbocycles. The van der Waals surface area contributed by atoms with Gasteiger partial charge >= 0.3 is 0 Å². The molecule has 0 aliphatic carbocycles. The Morgan fingerprint density at radius 3 is 3.00 bits per heavy atom. The van der Waals surface area contributed by atoms with Crippen LogP contribution in [0.4, 0.5) is 0 Å². The van der Waals surface area contributed by atoms with Gasteiger partial charge in [-0.05, 0) is 19.8 Å². The molecule has 1 amide bonds. The van der Waals surface area contributed by atoms with Crippen molar-refractivity contribution in [2.45, 2.75) is 32.2 Å². The number of nitrogens with one attached hydrogen (secondary N) is 2. The van der Waals surface area contributed by atoms with Gasteiger partial charge in [-0.2, -0.15) is 0 Å². The summed E-state index contributed by atoms with van der Waals surface area (Å²) in [6.45, 7) is 3.72. The molecule has 1 aliphatic heterocycles. The molecule has 1 aliphatic rings. The molecule has 5 heteroatoms. The summed E-state index contributed by atoms with van der Waals surface area (Å²) in [5.41, 5.74) is 0. The lowest BCUT2D eigenvalue weighted by molar-refractivity contribution is -0.124. The first-order valence-electron chi connectivity index (χ1n) is 5.77. The molecule has 0 bridgehead atoms. The number of piperidine rings is 1. The predicted molar refractivity (Wildman–Crippen MR) is 62.6 cm³/mol. The van der Waals surface area contributed by atoms with Crippen LogP contribution in [-0.2, 0) is 9.53 Å². The molecule has 1 saturated heterocycles. The molecule has 92 valence electrons. The predicted octanol–water partition coefficient (Wildman–Crippen LogP) is 0.601. The van der Waals surface area contributed by atoms with Crippen molar-refractivity contribution in [2.24, 2.45) is 0 Å². The van der Waals surface area contributed by atoms with E-state index in [1.807, 2.05) is 11.8 Å². The van der Waals surface area contributed by atoms with Gasteiger partial charge in [-0.1, -0.05) is 0 Å². The van der Waals surface area contributed by atoms with Crippen molar-refractivity contribution < 1.29 is 9.53 Å². The number of amidine groups is 1. The summed E-state index contributed by atoms with van der Waals surface area (Å²) in [6.07, 6.45) is 2.92. The minimum atomic E-state index is -0.246. The van der Waals surface area contributed by atoms with Crippen molar-refractivity contribution in [3.63, 3.8) is 0 Å². The Morgan fingerprint density at radius 1 is 1.62 bits per heavy atom. The van der Waals surface area contributed by atoms with Gasteiger partial charge in [0.2, 0.25) is 5.91 Å². The number of likely N-dealkylation sites (tertiary alicyclic amines) is 1. The molecule has 16 heavy (non-hydrogen) atoms. The fourth-order valence-corrected chi connectivity index (χ4v) is 1.85. The molecule has 0 radical (unpaired) electrons. The van der Waals surface area contributed by atoms with E-state index in [0.29, 0.717) is 19.0 Å². The molecule has 1 atom stereocenters. The van der Waals surface area contributed by atoms with Crippen LogP contribution in [0.1, 0.15) is 26.2 Å². The van der Waals surface area contributed by atoms with Crippen LogP contribution < -0.4 is 5.32 Å². The van der Waals surface area contributed by atoms with E-state index in [1.165, 1.54) is 0 Å². The number of amides is 1. The third-order valence-corrected chi connectivity index (χ3v) is 2.86. The maximum Gasteiger partial charge on any atom is 0.242 e. The van der Waals surface area contributed by atoms with Crippen LogP contribution in [0.2, 0.25) is 0 Å². The minimum absolute atomic E-state index is 0.0244. The third-order valence-electron chi connectivity index (χ3n) is 2.86. The zero-order valence-corrected chi connectivity index (χ0v) is 10.1. The Kier molecular flexibility index (Phi) is 5.25. The average Bonchev–Trinajstić information content (AvgIpc) is 2.29. The van der Waals surface area contributed by atoms with E-state index in [9.17, 15) is 4.79 Å². The normalized spacial score (nSPS) is 18.4. The summed E-state index contributed by atoms with van der Waals surface area (Å²) in [5, 5.41) is 10.6. The molecular formula is C11H21N3O2. The van der Waals surface area contributed by atoms with Crippen LogP contribution in [0.3, 0.4) is 0 Å². The highest BCUT2D eigenvalue weighted by atomic mass is 16.5. The molecule has 1 rings (SSSR count). The number of hydrogen-bond donors (Lipinski definition) is 2. The highest BCUT2D eigenvalue weighted by molar-refractivity contribution is 5.88. The maximum absolute atomic E-state index is 11.8. The molecule has 2 N–H and O–H groups in total. The Balaban J connectivity index is 2.39. The fourth-order valence-electron chi connectivity index (χ4n) is 1.85. The first-order valence-corrected chi connectivity index (χ1v) is 5.77. The van der Waals surface area contributed by atoms with Gasteiger partial charge in [0.05, 0.1) is 12.4 Å². The number of hydrogen-bond acceptors (Lipinski definition) is 3. The van der Waals surface area contributed by atoms with Gasteiger partial charge in [-0.15, -0.1) is 0 Å². The van der Waals surface area contributed by atoms with Crippen molar-refractivity contribution in [1.29, 1.82) is 5.41 Å². The molecule has 0 spiro atoms. The highest BCUT2D eigenvalue weighted by Gasteiger charge is 2.25. The van der Waals surface area contributed by atoms with Crippen molar-refractivity contribution in [3.05, 3.63) is 0 Å². The second-order valence-electron chi connectivity index (χ2n) is 4.06. The topological polar surface area (TPSA) is 65.4 Å². The van der Waals surface area contributed by atoms with E-state index in [4.69, 9.17) is 10.1 Å². The summed E-state index contributed by atoms with van der Waals surface area (Å²) in [5.74, 6) is 0.560. The van der Waals surface area contributed by atoms with Gasteiger partial charge in [0.15, 0.2) is 0 Å². The molecule has 0 aromatic rings. The minimum Gasteiger partial charge on any atom is -0.383 e. The summed E-state index contributed by atoms with van der Waals surface area (Å²) < 4.78 is 4.87. The summed E-state index contributed by atoms with van der Waals surface area (Å²) in [7, 11) is 1.61. The van der Waals surface area contributed by atoms with Crippen LogP contribution in [0.5, 0.6) is 0 Å². The van der Waals surface area contributed by atoms with E-state index in [-0.39, 0.29) is 11.9 Å². The summed E-state index contributed by atoms with van der Waals surface area (Å²) in [4.78, 5) is 13.6. The Morgan fingerprint density at radius 2 is 2.38 bits per heavy atom. The fraction of sp³-hybridized carbons (Fsp3) is 0.818. The van der Waals surface area contributed by atoms with Gasteiger partial charge in [0.25, 0.3) is 0 Å². The number of carbonyl (C=O) groups excluding carboxylic acids is 1. The van der Waals surface area contributed by atoms with Gasteiger partial charge < -0.3 is 15.0 Å². The molecule has 5 nitrogen and oxygen atoms in total. The molecule has 1 heterocycles. The number of carbonyl (C=O) groups is 1. The van der Waals surface area contributed by atoms with E-state index >= 15 is 0 Å². The molecule has 0 saturated carbocycles. The van der Waals surface area contributed by atoms with Gasteiger partial charge in [0, 0.05) is 26.6 Å².